The van der Waals surface area contributed by atoms with E-state index < -0.39 is 5.78 Å². The molecule has 1 heterocycles. The predicted molar refractivity (Wildman–Crippen MR) is 63.3 cm³/mol. The van der Waals surface area contributed by atoms with Crippen LogP contribution in [0.15, 0.2) is 42.1 Å². The number of ketones is 2. The van der Waals surface area contributed by atoms with Gasteiger partial charge in [-0.2, -0.15) is 0 Å². The Morgan fingerprint density at radius 2 is 1.94 bits per heavy atom. The smallest absolute Gasteiger partial charge is 0.262 e. The summed E-state index contributed by atoms with van der Waals surface area (Å²) in [6.45, 7) is 0. The number of ether oxygens (including phenoxy) is 2. The largest absolute Gasteiger partial charge is 0.492 e. The minimum atomic E-state index is -0.446. The average Bonchev–Trinajstić information content (AvgIpc) is 2.41. The number of aromatic nitrogens is 1. The zero-order valence-corrected chi connectivity index (χ0v) is 9.97. The monoisotopic (exact) mass is 245 g/mol. The molecule has 18 heavy (non-hydrogen) atoms. The molecule has 0 aromatic carbocycles. The van der Waals surface area contributed by atoms with Crippen LogP contribution >= 0.6 is 0 Å². The summed E-state index contributed by atoms with van der Waals surface area (Å²) < 4.78 is 9.88. The van der Waals surface area contributed by atoms with Crippen LogP contribution in [0.3, 0.4) is 0 Å². The maximum atomic E-state index is 12.0. The molecule has 0 unspecified atom stereocenters. The Balaban J connectivity index is 2.57. The van der Waals surface area contributed by atoms with Crippen LogP contribution < -0.4 is 0 Å². The van der Waals surface area contributed by atoms with E-state index in [0.29, 0.717) is 5.56 Å². The fourth-order valence-electron chi connectivity index (χ4n) is 1.72. The second kappa shape index (κ2) is 4.83. The van der Waals surface area contributed by atoms with Gasteiger partial charge in [-0.05, 0) is 6.07 Å². The van der Waals surface area contributed by atoms with Crippen molar-refractivity contribution in [2.75, 3.05) is 14.2 Å². The predicted octanol–water partition coefficient (Wildman–Crippen LogP) is 1.12. The first-order chi connectivity index (χ1) is 8.69. The molecule has 0 amide bonds. The van der Waals surface area contributed by atoms with Crippen LogP contribution in [0.1, 0.15) is 5.56 Å². The van der Waals surface area contributed by atoms with Crippen molar-refractivity contribution in [2.24, 2.45) is 0 Å². The van der Waals surface area contributed by atoms with Crippen molar-refractivity contribution in [1.29, 1.82) is 0 Å². The molecule has 0 aliphatic heterocycles. The Bertz CT molecular complexity index is 558. The lowest BCUT2D eigenvalue weighted by Crippen LogP contribution is -2.20. The summed E-state index contributed by atoms with van der Waals surface area (Å²) in [5, 5.41) is 0. The number of carbonyl (C=O) groups excluding carboxylic acids is 2. The van der Waals surface area contributed by atoms with Crippen molar-refractivity contribution >= 4 is 17.1 Å². The molecule has 5 nitrogen and oxygen atoms in total. The molecule has 0 bridgehead atoms. The fraction of sp³-hybridized carbons (Fsp3) is 0.154. The summed E-state index contributed by atoms with van der Waals surface area (Å²) in [5.74, 6) is -0.827. The number of Topliss-reactive ketones (excluding diaryl/α,β-unsaturated/α-hetero) is 1. The van der Waals surface area contributed by atoms with Gasteiger partial charge in [-0.15, -0.1) is 0 Å². The number of methoxy groups -OCH3 is 2. The van der Waals surface area contributed by atoms with Gasteiger partial charge in [-0.25, -0.2) is 0 Å². The molecule has 1 aromatic heterocycles. The summed E-state index contributed by atoms with van der Waals surface area (Å²) in [4.78, 5) is 27.9. The number of hydrogen-bond donors (Lipinski definition) is 0. The lowest BCUT2D eigenvalue weighted by Gasteiger charge is -2.16. The van der Waals surface area contributed by atoms with Crippen molar-refractivity contribution < 1.29 is 19.1 Å². The van der Waals surface area contributed by atoms with Crippen LogP contribution in [0.2, 0.25) is 0 Å². The van der Waals surface area contributed by atoms with Crippen molar-refractivity contribution in [3.05, 3.63) is 47.7 Å². The van der Waals surface area contributed by atoms with Crippen LogP contribution in [-0.4, -0.2) is 30.8 Å². The van der Waals surface area contributed by atoms with Crippen molar-refractivity contribution in [1.82, 2.24) is 4.98 Å². The van der Waals surface area contributed by atoms with Gasteiger partial charge >= 0.3 is 0 Å². The molecule has 0 atom stereocenters. The summed E-state index contributed by atoms with van der Waals surface area (Å²) in [6.07, 6.45) is 4.25. The van der Waals surface area contributed by atoms with E-state index in [0.717, 1.165) is 6.08 Å². The van der Waals surface area contributed by atoms with Crippen molar-refractivity contribution in [2.45, 2.75) is 0 Å². The Morgan fingerprint density at radius 3 is 2.50 bits per heavy atom. The number of rotatable bonds is 3. The SMILES string of the molecule is COC1=CC(=O)C(c2cccnc2)=C(OC)C1=O. The molecule has 92 valence electrons. The second-order valence-electron chi connectivity index (χ2n) is 3.56. The molecule has 1 aromatic rings. The van der Waals surface area contributed by atoms with E-state index in [1.807, 2.05) is 0 Å². The highest BCUT2D eigenvalue weighted by atomic mass is 16.5. The Kier molecular flexibility index (Phi) is 3.23. The van der Waals surface area contributed by atoms with E-state index in [1.54, 1.807) is 18.3 Å². The summed E-state index contributed by atoms with van der Waals surface area (Å²) in [6, 6.07) is 3.38. The highest BCUT2D eigenvalue weighted by Crippen LogP contribution is 2.27. The van der Waals surface area contributed by atoms with Gasteiger partial charge in [0.25, 0.3) is 5.78 Å². The Labute approximate surface area is 104 Å². The number of hydrogen-bond acceptors (Lipinski definition) is 5. The van der Waals surface area contributed by atoms with Crippen molar-refractivity contribution in [3.63, 3.8) is 0 Å². The highest BCUT2D eigenvalue weighted by molar-refractivity contribution is 6.36. The second-order valence-corrected chi connectivity index (χ2v) is 3.56. The topological polar surface area (TPSA) is 65.5 Å². The van der Waals surface area contributed by atoms with Gasteiger partial charge in [0.05, 0.1) is 19.8 Å². The van der Waals surface area contributed by atoms with Gasteiger partial charge < -0.3 is 9.47 Å². The minimum absolute atomic E-state index is 0.0210. The molecular weight excluding hydrogens is 234 g/mol. The zero-order valence-electron chi connectivity index (χ0n) is 9.97. The maximum absolute atomic E-state index is 12.0. The summed E-state index contributed by atoms with van der Waals surface area (Å²) >= 11 is 0. The first-order valence-electron chi connectivity index (χ1n) is 5.22. The molecule has 0 saturated heterocycles. The molecule has 1 aliphatic rings. The number of allylic oxidation sites excluding steroid dienone is 2. The minimum Gasteiger partial charge on any atom is -0.492 e. The number of pyridine rings is 1. The van der Waals surface area contributed by atoms with Crippen LogP contribution in [0, 0.1) is 0 Å². The molecular formula is C13H11NO4. The van der Waals surface area contributed by atoms with E-state index in [4.69, 9.17) is 9.47 Å². The molecule has 0 saturated carbocycles. The van der Waals surface area contributed by atoms with E-state index in [1.165, 1.54) is 20.4 Å². The average molecular weight is 245 g/mol. The molecule has 0 N–H and O–H groups in total. The molecule has 0 radical (unpaired) electrons. The standard InChI is InChI=1S/C13H11NO4/c1-17-10-6-9(15)11(13(18-2)12(10)16)8-4-3-5-14-7-8/h3-7H,1-2H3. The van der Waals surface area contributed by atoms with Crippen LogP contribution in [0.4, 0.5) is 0 Å². The number of nitrogens with zero attached hydrogens (tertiary/aromatic N) is 1. The van der Waals surface area contributed by atoms with Gasteiger partial charge in [-0.3, -0.25) is 14.6 Å². The van der Waals surface area contributed by atoms with Crippen LogP contribution in [0.5, 0.6) is 0 Å². The van der Waals surface area contributed by atoms with Crippen molar-refractivity contribution in [3.8, 4) is 0 Å². The van der Waals surface area contributed by atoms with E-state index in [9.17, 15) is 9.59 Å². The normalized spacial score (nSPS) is 15.6. The first-order valence-corrected chi connectivity index (χ1v) is 5.22. The third kappa shape index (κ3) is 1.90. The van der Waals surface area contributed by atoms with E-state index >= 15 is 0 Å². The molecule has 1 aliphatic carbocycles. The van der Waals surface area contributed by atoms with Gasteiger partial charge in [0, 0.05) is 24.0 Å². The molecule has 0 spiro atoms. The first kappa shape index (κ1) is 12.0. The van der Waals surface area contributed by atoms with Gasteiger partial charge in [-0.1, -0.05) is 6.07 Å². The third-order valence-corrected chi connectivity index (χ3v) is 2.54. The summed E-state index contributed by atoms with van der Waals surface area (Å²) in [5.41, 5.74) is 0.746. The Hall–Kier alpha value is -2.43. The summed E-state index contributed by atoms with van der Waals surface area (Å²) in [7, 11) is 2.68. The van der Waals surface area contributed by atoms with Gasteiger partial charge in [0.15, 0.2) is 17.3 Å². The lowest BCUT2D eigenvalue weighted by atomic mass is 9.95. The lowest BCUT2D eigenvalue weighted by molar-refractivity contribution is -0.119. The van der Waals surface area contributed by atoms with Crippen LogP contribution in [-0.2, 0) is 19.1 Å². The quantitative estimate of drug-likeness (QED) is 0.746. The fourth-order valence-corrected chi connectivity index (χ4v) is 1.72. The Morgan fingerprint density at radius 1 is 1.17 bits per heavy atom. The zero-order chi connectivity index (χ0) is 13.1. The maximum Gasteiger partial charge on any atom is 0.262 e. The third-order valence-electron chi connectivity index (χ3n) is 2.54. The van der Waals surface area contributed by atoms with Gasteiger partial charge in [0.1, 0.15) is 0 Å². The van der Waals surface area contributed by atoms with Gasteiger partial charge in [0.2, 0.25) is 0 Å². The molecule has 0 fully saturated rings. The van der Waals surface area contributed by atoms with Crippen LogP contribution in [0.25, 0.3) is 5.57 Å². The number of carbonyl (C=O) groups is 2. The molecule has 2 rings (SSSR count). The van der Waals surface area contributed by atoms with E-state index in [-0.39, 0.29) is 22.9 Å². The highest BCUT2D eigenvalue weighted by Gasteiger charge is 2.31. The molecule has 5 heteroatoms. The van der Waals surface area contributed by atoms with E-state index in [2.05, 4.69) is 4.98 Å².